The molecule has 0 spiro atoms. The fourth-order valence-corrected chi connectivity index (χ4v) is 5.25. The molecule has 170 valence electrons. The van der Waals surface area contributed by atoms with Gasteiger partial charge in [0.1, 0.15) is 16.6 Å². The normalized spacial score (nSPS) is 10.2. The Morgan fingerprint density at radius 2 is 1.12 bits per heavy atom. The number of carboxylic acids is 1. The summed E-state index contributed by atoms with van der Waals surface area (Å²) in [7, 11) is -0.358. The summed E-state index contributed by atoms with van der Waals surface area (Å²) in [4.78, 5) is 12.4. The maximum atomic E-state index is 8.89. The molecular weight excluding hydrogens is 424 g/mol. The molecule has 6 heteroatoms. The number of hydrogen-bond donors (Lipinski definition) is 0. The summed E-state index contributed by atoms with van der Waals surface area (Å²) in [6.07, 6.45) is 0. The van der Waals surface area contributed by atoms with Crippen molar-refractivity contribution in [1.29, 1.82) is 0 Å². The Labute approximate surface area is 193 Å². The molecule has 0 aromatic heterocycles. The molecule has 0 aliphatic carbocycles. The molecule has 0 saturated heterocycles. The molecule has 0 heterocycles. The maximum absolute atomic E-state index is 8.89. The summed E-state index contributed by atoms with van der Waals surface area (Å²) >= 11 is 0. The fraction of sp³-hybridized carbons (Fsp3) is 0.269. The summed E-state index contributed by atoms with van der Waals surface area (Å²) in [6, 6.07) is 25.0. The van der Waals surface area contributed by atoms with Gasteiger partial charge in [-0.3, -0.25) is 0 Å². The first-order valence-electron chi connectivity index (χ1n) is 10.6. The molecule has 0 unspecified atom stereocenters. The molecule has 0 bridgehead atoms. The van der Waals surface area contributed by atoms with Gasteiger partial charge in [0, 0.05) is 18.1 Å². The quantitative estimate of drug-likeness (QED) is 0.437. The fourth-order valence-electron chi connectivity index (χ4n) is 3.01. The van der Waals surface area contributed by atoms with Crippen molar-refractivity contribution in [3.05, 3.63) is 72.8 Å². The van der Waals surface area contributed by atoms with Crippen LogP contribution in [0.4, 0.5) is 0 Å². The van der Waals surface area contributed by atoms with Gasteiger partial charge in [-0.25, -0.2) is 0 Å². The number of benzene rings is 3. The number of ether oxygens (including phenoxy) is 3. The predicted octanol–water partition coefficient (Wildman–Crippen LogP) is 4.73. The lowest BCUT2D eigenvalue weighted by atomic mass is 10.3. The molecule has 3 rings (SSSR count). The van der Waals surface area contributed by atoms with E-state index in [1.54, 1.807) is 0 Å². The Morgan fingerprint density at radius 1 is 0.750 bits per heavy atom. The first-order valence-corrected chi connectivity index (χ1v) is 11.8. The molecule has 0 saturated carbocycles. The van der Waals surface area contributed by atoms with E-state index in [1.807, 2.05) is 45.0 Å². The zero-order chi connectivity index (χ0) is 23.3. The van der Waals surface area contributed by atoms with Crippen LogP contribution < -0.4 is 19.3 Å². The first kappa shape index (κ1) is 25.1. The first-order chi connectivity index (χ1) is 15.5. The number of carbonyl (C=O) groups is 1. The Balaban J connectivity index is 0.000000837. The Morgan fingerprint density at radius 3 is 1.47 bits per heavy atom. The zero-order valence-electron chi connectivity index (χ0n) is 19.0. The highest BCUT2D eigenvalue weighted by atomic mass is 32.2. The highest BCUT2D eigenvalue weighted by Gasteiger charge is 2.36. The smallest absolute Gasteiger partial charge is 0.250 e. The number of hydrogen-bond acceptors (Lipinski definition) is 5. The second kappa shape index (κ2) is 13.3. The van der Waals surface area contributed by atoms with E-state index in [9.17, 15) is 0 Å². The van der Waals surface area contributed by atoms with Gasteiger partial charge in [0.2, 0.25) is 4.90 Å². The molecule has 0 aliphatic heterocycles. The van der Waals surface area contributed by atoms with Crippen molar-refractivity contribution in [3.63, 3.8) is 0 Å². The van der Waals surface area contributed by atoms with Gasteiger partial charge in [0.05, 0.1) is 19.8 Å². The molecule has 3 aromatic carbocycles. The number of carboxylic acid groups (broad SMARTS) is 1. The molecule has 0 fully saturated rings. The van der Waals surface area contributed by atoms with E-state index < -0.39 is 5.97 Å². The minimum Gasteiger partial charge on any atom is -0.550 e. The van der Waals surface area contributed by atoms with Gasteiger partial charge in [-0.1, -0.05) is 36.4 Å². The second-order valence-electron chi connectivity index (χ2n) is 6.47. The van der Waals surface area contributed by atoms with Crippen molar-refractivity contribution >= 4 is 16.9 Å². The van der Waals surface area contributed by atoms with Crippen molar-refractivity contribution in [2.24, 2.45) is 0 Å². The molecule has 5 nitrogen and oxygen atoms in total. The van der Waals surface area contributed by atoms with E-state index in [4.69, 9.17) is 24.1 Å². The van der Waals surface area contributed by atoms with E-state index >= 15 is 0 Å². The van der Waals surface area contributed by atoms with Crippen LogP contribution in [0.15, 0.2) is 87.5 Å². The molecule has 0 N–H and O–H groups in total. The van der Waals surface area contributed by atoms with Crippen LogP contribution >= 0.6 is 0 Å². The minimum absolute atomic E-state index is 0.358. The molecule has 0 radical (unpaired) electrons. The number of aliphatic carboxylic acids is 1. The van der Waals surface area contributed by atoms with E-state index in [2.05, 4.69) is 48.5 Å². The van der Waals surface area contributed by atoms with Gasteiger partial charge in [0.15, 0.2) is 21.3 Å². The van der Waals surface area contributed by atoms with E-state index in [0.717, 1.165) is 29.1 Å². The average Bonchev–Trinajstić information content (AvgIpc) is 2.77. The van der Waals surface area contributed by atoms with Crippen molar-refractivity contribution in [1.82, 2.24) is 0 Å². The van der Waals surface area contributed by atoms with Gasteiger partial charge in [-0.2, -0.15) is 0 Å². The highest BCUT2D eigenvalue weighted by molar-refractivity contribution is 7.97. The van der Waals surface area contributed by atoms with Crippen LogP contribution in [0.5, 0.6) is 17.2 Å². The van der Waals surface area contributed by atoms with Crippen LogP contribution in [0.2, 0.25) is 0 Å². The monoisotopic (exact) mass is 454 g/mol. The van der Waals surface area contributed by atoms with Crippen molar-refractivity contribution < 1.29 is 24.1 Å². The van der Waals surface area contributed by atoms with Crippen LogP contribution in [0, 0.1) is 0 Å². The minimum atomic E-state index is -1.08. The van der Waals surface area contributed by atoms with Crippen molar-refractivity contribution in [2.45, 2.75) is 42.4 Å². The lowest BCUT2D eigenvalue weighted by molar-refractivity contribution is -0.302. The second-order valence-corrected chi connectivity index (χ2v) is 8.44. The van der Waals surface area contributed by atoms with Crippen LogP contribution in [-0.2, 0) is 15.7 Å². The van der Waals surface area contributed by atoms with Gasteiger partial charge in [-0.15, -0.1) is 0 Å². The summed E-state index contributed by atoms with van der Waals surface area (Å²) in [6.45, 7) is 8.71. The molecule has 0 amide bonds. The topological polar surface area (TPSA) is 67.8 Å². The standard InChI is InChI=1S/C24H27O3S.C2H4O2/c1-4-25-19-17-22(26-5-2)24(23(18-19)27-6-3)28(20-13-9-7-10-14-20)21-15-11-8-12-16-21;1-2(3)4/h7-18H,4-6H2,1-3H3;1H3,(H,3,4)/q+1;/p-1. The molecule has 0 atom stereocenters. The third kappa shape index (κ3) is 7.24. The number of rotatable bonds is 9. The van der Waals surface area contributed by atoms with Crippen LogP contribution in [0.1, 0.15) is 27.7 Å². The summed E-state index contributed by atoms with van der Waals surface area (Å²) in [5, 5.41) is 8.89. The highest BCUT2D eigenvalue weighted by Crippen LogP contribution is 2.45. The largest absolute Gasteiger partial charge is 0.550 e. The third-order valence-electron chi connectivity index (χ3n) is 4.07. The predicted molar refractivity (Wildman–Crippen MR) is 126 cm³/mol. The van der Waals surface area contributed by atoms with Crippen LogP contribution in [-0.4, -0.2) is 25.8 Å². The van der Waals surface area contributed by atoms with Gasteiger partial charge in [-0.05, 0) is 52.0 Å². The average molecular weight is 455 g/mol. The van der Waals surface area contributed by atoms with Crippen LogP contribution in [0.25, 0.3) is 0 Å². The third-order valence-corrected chi connectivity index (χ3v) is 6.36. The molecule has 3 aromatic rings. The van der Waals surface area contributed by atoms with E-state index in [1.165, 1.54) is 9.79 Å². The Hall–Kier alpha value is -3.12. The zero-order valence-corrected chi connectivity index (χ0v) is 19.8. The lowest BCUT2D eigenvalue weighted by Gasteiger charge is -2.17. The van der Waals surface area contributed by atoms with E-state index in [-0.39, 0.29) is 10.9 Å². The number of carbonyl (C=O) groups excluding carboxylic acids is 1. The lowest BCUT2D eigenvalue weighted by Crippen LogP contribution is -2.16. The SMILES string of the molecule is CC(=O)[O-].CCOc1cc(OCC)c([S+](c2ccccc2)c2ccccc2)c(OCC)c1. The Kier molecular flexibility index (Phi) is 10.5. The van der Waals surface area contributed by atoms with Gasteiger partial charge in [0.25, 0.3) is 0 Å². The summed E-state index contributed by atoms with van der Waals surface area (Å²) in [5.74, 6) is 1.31. The molecular formula is C26H30O5S. The molecule has 32 heavy (non-hydrogen) atoms. The van der Waals surface area contributed by atoms with Gasteiger partial charge >= 0.3 is 0 Å². The maximum Gasteiger partial charge on any atom is 0.250 e. The summed E-state index contributed by atoms with van der Waals surface area (Å²) in [5.41, 5.74) is 0. The van der Waals surface area contributed by atoms with E-state index in [0.29, 0.717) is 19.8 Å². The van der Waals surface area contributed by atoms with Gasteiger partial charge < -0.3 is 24.1 Å². The van der Waals surface area contributed by atoms with Crippen molar-refractivity contribution in [3.8, 4) is 17.2 Å². The van der Waals surface area contributed by atoms with Crippen LogP contribution in [0.3, 0.4) is 0 Å². The Bertz CT molecular complexity index is 890. The summed E-state index contributed by atoms with van der Waals surface area (Å²) < 4.78 is 17.9. The van der Waals surface area contributed by atoms with Crippen molar-refractivity contribution in [2.75, 3.05) is 19.8 Å². The molecule has 0 aliphatic rings.